The highest BCUT2D eigenvalue weighted by atomic mass is 16.5. The van der Waals surface area contributed by atoms with E-state index in [4.69, 9.17) is 9.47 Å². The largest absolute Gasteiger partial charge is 0.493 e. The van der Waals surface area contributed by atoms with Crippen LogP contribution in [0.1, 0.15) is 19.4 Å². The summed E-state index contributed by atoms with van der Waals surface area (Å²) in [6.45, 7) is 5.66. The van der Waals surface area contributed by atoms with Gasteiger partial charge in [0.2, 0.25) is 5.91 Å². The van der Waals surface area contributed by atoms with Crippen molar-refractivity contribution in [2.45, 2.75) is 20.3 Å². The summed E-state index contributed by atoms with van der Waals surface area (Å²) in [4.78, 5) is 12.3. The second-order valence-corrected chi connectivity index (χ2v) is 7.74. The van der Waals surface area contributed by atoms with Crippen LogP contribution >= 0.6 is 0 Å². The number of rotatable bonds is 11. The van der Waals surface area contributed by atoms with E-state index in [0.717, 1.165) is 23.6 Å². The van der Waals surface area contributed by atoms with Gasteiger partial charge in [0, 0.05) is 23.9 Å². The fraction of sp³-hybridized carbons (Fsp3) is 0.269. The Bertz CT molecular complexity index is 940. The van der Waals surface area contributed by atoms with Crippen molar-refractivity contribution in [3.63, 3.8) is 0 Å². The third-order valence-electron chi connectivity index (χ3n) is 4.51. The second-order valence-electron chi connectivity index (χ2n) is 7.74. The van der Waals surface area contributed by atoms with Crippen LogP contribution in [-0.2, 0) is 11.2 Å². The van der Waals surface area contributed by atoms with Crippen LogP contribution in [0.2, 0.25) is 0 Å². The molecule has 162 valence electrons. The molecule has 0 saturated carbocycles. The lowest BCUT2D eigenvalue weighted by Crippen LogP contribution is -2.21. The maximum atomic E-state index is 12.3. The van der Waals surface area contributed by atoms with Gasteiger partial charge in [0.1, 0.15) is 11.5 Å². The highest BCUT2D eigenvalue weighted by Crippen LogP contribution is 2.19. The minimum absolute atomic E-state index is 0.124. The highest BCUT2D eigenvalue weighted by molar-refractivity contribution is 5.93. The van der Waals surface area contributed by atoms with Gasteiger partial charge in [-0.3, -0.25) is 4.79 Å². The SMILES string of the molecule is CC(C)COc1ccc(NCC(=O)Nc2cccc(OCCc3ccccc3)c2)cc1. The third-order valence-corrected chi connectivity index (χ3v) is 4.51. The lowest BCUT2D eigenvalue weighted by molar-refractivity contribution is -0.114. The Hall–Kier alpha value is -3.47. The van der Waals surface area contributed by atoms with Crippen molar-refractivity contribution >= 4 is 17.3 Å². The fourth-order valence-electron chi connectivity index (χ4n) is 2.91. The maximum Gasteiger partial charge on any atom is 0.243 e. The van der Waals surface area contributed by atoms with Crippen molar-refractivity contribution in [1.82, 2.24) is 0 Å². The summed E-state index contributed by atoms with van der Waals surface area (Å²) < 4.78 is 11.5. The molecule has 0 aliphatic heterocycles. The zero-order chi connectivity index (χ0) is 21.9. The van der Waals surface area contributed by atoms with Crippen LogP contribution in [0.5, 0.6) is 11.5 Å². The van der Waals surface area contributed by atoms with Gasteiger partial charge in [0.05, 0.1) is 19.8 Å². The number of ether oxygens (including phenoxy) is 2. The predicted molar refractivity (Wildman–Crippen MR) is 126 cm³/mol. The number of amides is 1. The summed E-state index contributed by atoms with van der Waals surface area (Å²) in [5.41, 5.74) is 2.81. The molecule has 0 unspecified atom stereocenters. The van der Waals surface area contributed by atoms with Crippen molar-refractivity contribution in [1.29, 1.82) is 0 Å². The van der Waals surface area contributed by atoms with Gasteiger partial charge >= 0.3 is 0 Å². The van der Waals surface area contributed by atoms with Gasteiger partial charge in [-0.25, -0.2) is 0 Å². The molecule has 5 nitrogen and oxygen atoms in total. The molecule has 0 radical (unpaired) electrons. The van der Waals surface area contributed by atoms with Gasteiger partial charge in [0.25, 0.3) is 0 Å². The van der Waals surface area contributed by atoms with E-state index >= 15 is 0 Å². The van der Waals surface area contributed by atoms with E-state index in [1.807, 2.05) is 66.7 Å². The van der Waals surface area contributed by atoms with Gasteiger partial charge in [-0.2, -0.15) is 0 Å². The monoisotopic (exact) mass is 418 g/mol. The summed E-state index contributed by atoms with van der Waals surface area (Å²) in [6, 6.07) is 25.3. The van der Waals surface area contributed by atoms with Crippen LogP contribution in [0, 0.1) is 5.92 Å². The Balaban J connectivity index is 1.42. The molecule has 0 aliphatic carbocycles. The van der Waals surface area contributed by atoms with Crippen molar-refractivity contribution in [2.75, 3.05) is 30.4 Å². The average Bonchev–Trinajstić information content (AvgIpc) is 2.78. The lowest BCUT2D eigenvalue weighted by Gasteiger charge is -2.11. The van der Waals surface area contributed by atoms with E-state index in [0.29, 0.717) is 24.8 Å². The van der Waals surface area contributed by atoms with Crippen LogP contribution in [0.3, 0.4) is 0 Å². The average molecular weight is 419 g/mol. The third kappa shape index (κ3) is 8.05. The van der Waals surface area contributed by atoms with E-state index in [9.17, 15) is 4.79 Å². The molecule has 0 saturated heterocycles. The fourth-order valence-corrected chi connectivity index (χ4v) is 2.91. The van der Waals surface area contributed by atoms with Crippen molar-refractivity contribution in [2.24, 2.45) is 5.92 Å². The second kappa shape index (κ2) is 11.6. The molecule has 3 aromatic carbocycles. The quantitative estimate of drug-likeness (QED) is 0.438. The van der Waals surface area contributed by atoms with Gasteiger partial charge in [-0.15, -0.1) is 0 Å². The Labute approximate surface area is 184 Å². The van der Waals surface area contributed by atoms with Crippen LogP contribution in [0.15, 0.2) is 78.9 Å². The summed E-state index contributed by atoms with van der Waals surface area (Å²) in [7, 11) is 0. The van der Waals surface area contributed by atoms with Crippen molar-refractivity contribution in [3.05, 3.63) is 84.4 Å². The topological polar surface area (TPSA) is 59.6 Å². The molecule has 5 heteroatoms. The molecule has 0 bridgehead atoms. The molecule has 0 aliphatic rings. The molecule has 0 heterocycles. The van der Waals surface area contributed by atoms with Gasteiger partial charge < -0.3 is 20.1 Å². The molecule has 0 atom stereocenters. The minimum Gasteiger partial charge on any atom is -0.493 e. The normalized spacial score (nSPS) is 10.5. The zero-order valence-corrected chi connectivity index (χ0v) is 18.1. The molecule has 0 fully saturated rings. The van der Waals surface area contributed by atoms with E-state index in [1.54, 1.807) is 0 Å². The number of carbonyl (C=O) groups excluding carboxylic acids is 1. The van der Waals surface area contributed by atoms with Gasteiger partial charge in [0.15, 0.2) is 0 Å². The molecule has 3 rings (SSSR count). The van der Waals surface area contributed by atoms with Gasteiger partial charge in [-0.1, -0.05) is 50.2 Å². The summed E-state index contributed by atoms with van der Waals surface area (Å²) >= 11 is 0. The number of carbonyl (C=O) groups is 1. The summed E-state index contributed by atoms with van der Waals surface area (Å²) in [5, 5.41) is 6.02. The van der Waals surface area contributed by atoms with Gasteiger partial charge in [-0.05, 0) is 47.9 Å². The number of nitrogens with one attached hydrogen (secondary N) is 2. The molecule has 31 heavy (non-hydrogen) atoms. The summed E-state index contributed by atoms with van der Waals surface area (Å²) in [5.74, 6) is 1.92. The Kier molecular flexibility index (Phi) is 8.35. The molecular weight excluding hydrogens is 388 g/mol. The molecule has 3 aromatic rings. The first-order chi connectivity index (χ1) is 15.1. The first kappa shape index (κ1) is 22.2. The first-order valence-electron chi connectivity index (χ1n) is 10.6. The molecule has 1 amide bonds. The van der Waals surface area contributed by atoms with Crippen LogP contribution in [0.4, 0.5) is 11.4 Å². The van der Waals surface area contributed by atoms with E-state index in [-0.39, 0.29) is 12.5 Å². The maximum absolute atomic E-state index is 12.3. The lowest BCUT2D eigenvalue weighted by atomic mass is 10.2. The number of hydrogen-bond acceptors (Lipinski definition) is 4. The molecule has 0 spiro atoms. The number of anilines is 2. The van der Waals surface area contributed by atoms with E-state index in [2.05, 4.69) is 36.6 Å². The van der Waals surface area contributed by atoms with Crippen LogP contribution < -0.4 is 20.1 Å². The number of benzene rings is 3. The Morgan fingerprint density at radius 1 is 0.839 bits per heavy atom. The number of hydrogen-bond donors (Lipinski definition) is 2. The smallest absolute Gasteiger partial charge is 0.243 e. The van der Waals surface area contributed by atoms with Crippen LogP contribution in [0.25, 0.3) is 0 Å². The zero-order valence-electron chi connectivity index (χ0n) is 18.1. The Morgan fingerprint density at radius 3 is 2.35 bits per heavy atom. The predicted octanol–water partition coefficient (Wildman–Crippen LogP) is 5.39. The minimum atomic E-state index is -0.124. The highest BCUT2D eigenvalue weighted by Gasteiger charge is 2.05. The van der Waals surface area contributed by atoms with Crippen LogP contribution in [-0.4, -0.2) is 25.7 Å². The molecule has 2 N–H and O–H groups in total. The van der Waals surface area contributed by atoms with Crippen molar-refractivity contribution < 1.29 is 14.3 Å². The first-order valence-corrected chi connectivity index (χ1v) is 10.6. The van der Waals surface area contributed by atoms with E-state index in [1.165, 1.54) is 5.56 Å². The van der Waals surface area contributed by atoms with Crippen molar-refractivity contribution in [3.8, 4) is 11.5 Å². The molecule has 0 aromatic heterocycles. The molecular formula is C26H30N2O3. The standard InChI is InChI=1S/C26H30N2O3/c1-20(2)19-31-24-13-11-22(12-14-24)27-18-26(29)28-23-9-6-10-25(17-23)30-16-15-21-7-4-3-5-8-21/h3-14,17,20,27H,15-16,18-19H2,1-2H3,(H,28,29). The summed E-state index contributed by atoms with van der Waals surface area (Å²) in [6.07, 6.45) is 0.836. The van der Waals surface area contributed by atoms with E-state index < -0.39 is 0 Å². The Morgan fingerprint density at radius 2 is 1.61 bits per heavy atom.